The maximum Gasteiger partial charge on any atom is 0.0652 e. The van der Waals surface area contributed by atoms with E-state index in [-0.39, 0.29) is 25.7 Å². The predicted molar refractivity (Wildman–Crippen MR) is 71.6 cm³/mol. The number of halogens is 2. The molecule has 0 saturated heterocycles. The van der Waals surface area contributed by atoms with Crippen molar-refractivity contribution in [3.8, 4) is 11.3 Å². The molecule has 1 radical (unpaired) electrons. The monoisotopic (exact) mass is 481 g/mol. The SMILES string of the molecule is Fc1c[c-]c(-c2ccccn2)c(F)c1.[Ir].[NH-]On1cccn1. The third-order valence-corrected chi connectivity index (χ3v) is 2.35. The summed E-state index contributed by atoms with van der Waals surface area (Å²) in [6, 6.07) is 11.2. The summed E-state index contributed by atoms with van der Waals surface area (Å²) in [5, 5.41) is 3.54. The van der Waals surface area contributed by atoms with Gasteiger partial charge in [-0.15, -0.1) is 22.1 Å². The van der Waals surface area contributed by atoms with Gasteiger partial charge in [0.25, 0.3) is 0 Å². The molecular formula is C14H10F2IrN4O-2. The molecule has 0 spiro atoms. The molecule has 117 valence electrons. The molecule has 3 aromatic rings. The molecule has 0 aliphatic rings. The van der Waals surface area contributed by atoms with Crippen LogP contribution in [0.15, 0.2) is 55.0 Å². The van der Waals surface area contributed by atoms with Crippen LogP contribution < -0.4 is 4.94 Å². The van der Waals surface area contributed by atoms with Crippen molar-refractivity contribution in [1.82, 2.24) is 14.9 Å². The van der Waals surface area contributed by atoms with Crippen LogP contribution in [0.2, 0.25) is 0 Å². The first-order valence-corrected chi connectivity index (χ1v) is 5.82. The first-order valence-electron chi connectivity index (χ1n) is 5.82. The normalized spacial score (nSPS) is 9.23. The van der Waals surface area contributed by atoms with E-state index in [9.17, 15) is 8.78 Å². The molecule has 0 fully saturated rings. The Bertz CT molecular complexity index is 681. The number of rotatable bonds is 2. The minimum absolute atomic E-state index is 0. The number of pyridine rings is 1. The standard InChI is InChI=1S/C11H6F2N.C3H4N3O.Ir/c12-8-4-5-9(10(13)7-8)11-3-1-2-6-14-11;4-7-6-3-1-2-5-6;/h1-4,6-7H;1-4H;/q2*-1;. The van der Waals surface area contributed by atoms with Gasteiger partial charge in [-0.1, -0.05) is 23.8 Å². The molecule has 0 aliphatic heterocycles. The molecule has 0 unspecified atom stereocenters. The Kier molecular flexibility index (Phi) is 7.31. The Hall–Kier alpha value is -2.15. The molecule has 22 heavy (non-hydrogen) atoms. The summed E-state index contributed by atoms with van der Waals surface area (Å²) in [6.07, 6.45) is 4.62. The second-order valence-electron chi connectivity index (χ2n) is 3.76. The molecule has 2 aromatic heterocycles. The maximum atomic E-state index is 13.2. The Morgan fingerprint density at radius 1 is 1.18 bits per heavy atom. The number of nitrogens with zero attached hydrogens (tertiary/aromatic N) is 3. The van der Waals surface area contributed by atoms with E-state index in [4.69, 9.17) is 5.90 Å². The van der Waals surface area contributed by atoms with Gasteiger partial charge in [0.1, 0.15) is 0 Å². The third kappa shape index (κ3) is 5.00. The summed E-state index contributed by atoms with van der Waals surface area (Å²) in [7, 11) is 0. The first-order chi connectivity index (χ1) is 10.2. The van der Waals surface area contributed by atoms with E-state index in [2.05, 4.69) is 21.1 Å². The molecule has 3 rings (SSSR count). The van der Waals surface area contributed by atoms with Crippen molar-refractivity contribution in [2.24, 2.45) is 0 Å². The van der Waals surface area contributed by atoms with Crippen LogP contribution in [0.5, 0.6) is 0 Å². The summed E-state index contributed by atoms with van der Waals surface area (Å²) in [4.78, 5) is 8.90. The van der Waals surface area contributed by atoms with Gasteiger partial charge in [-0.05, 0) is 17.8 Å². The summed E-state index contributed by atoms with van der Waals surface area (Å²) < 4.78 is 25.8. The molecule has 1 aromatic carbocycles. The summed E-state index contributed by atoms with van der Waals surface area (Å²) in [6.45, 7) is 0. The summed E-state index contributed by atoms with van der Waals surface area (Å²) >= 11 is 0. The quantitative estimate of drug-likeness (QED) is 0.418. The van der Waals surface area contributed by atoms with Gasteiger partial charge in [-0.3, -0.25) is 8.78 Å². The molecule has 5 nitrogen and oxygen atoms in total. The van der Waals surface area contributed by atoms with E-state index in [0.717, 1.165) is 17.0 Å². The van der Waals surface area contributed by atoms with Crippen LogP contribution in [-0.2, 0) is 20.1 Å². The fourth-order valence-corrected chi connectivity index (χ4v) is 1.46. The van der Waals surface area contributed by atoms with Crippen LogP contribution in [0.4, 0.5) is 8.78 Å². The fourth-order valence-electron chi connectivity index (χ4n) is 1.46. The molecule has 0 saturated carbocycles. The molecule has 0 aliphatic carbocycles. The van der Waals surface area contributed by atoms with Crippen molar-refractivity contribution in [3.63, 3.8) is 0 Å². The smallest absolute Gasteiger partial charge is 0.0652 e. The van der Waals surface area contributed by atoms with Crippen LogP contribution in [0.1, 0.15) is 0 Å². The number of benzene rings is 1. The van der Waals surface area contributed by atoms with E-state index in [0.29, 0.717) is 5.69 Å². The first kappa shape index (κ1) is 17.9. The molecular weight excluding hydrogens is 470 g/mol. The second-order valence-corrected chi connectivity index (χ2v) is 3.76. The largest absolute Gasteiger partial charge is 0.490 e. The Morgan fingerprint density at radius 2 is 2.00 bits per heavy atom. The number of hydrogen-bond acceptors (Lipinski definition) is 3. The zero-order valence-electron chi connectivity index (χ0n) is 11.0. The molecule has 2 heterocycles. The summed E-state index contributed by atoms with van der Waals surface area (Å²) in [5.74, 6) is 4.97. The number of nitrogens with one attached hydrogen (secondary N) is 1. The maximum absolute atomic E-state index is 13.2. The van der Waals surface area contributed by atoms with E-state index in [1.165, 1.54) is 12.4 Å². The van der Waals surface area contributed by atoms with Crippen molar-refractivity contribution < 1.29 is 33.8 Å². The minimum atomic E-state index is -0.649. The molecule has 0 bridgehead atoms. The van der Waals surface area contributed by atoms with Crippen LogP contribution in [0.3, 0.4) is 0 Å². The third-order valence-electron chi connectivity index (χ3n) is 2.35. The molecule has 0 atom stereocenters. The average Bonchev–Trinajstić information content (AvgIpc) is 3.02. The van der Waals surface area contributed by atoms with Crippen molar-refractivity contribution in [2.45, 2.75) is 0 Å². The summed E-state index contributed by atoms with van der Waals surface area (Å²) in [5.41, 5.74) is 0.636. The Balaban J connectivity index is 0.000000258. The van der Waals surface area contributed by atoms with Crippen molar-refractivity contribution in [2.75, 3.05) is 0 Å². The Morgan fingerprint density at radius 3 is 2.50 bits per heavy atom. The van der Waals surface area contributed by atoms with E-state index >= 15 is 0 Å². The Labute approximate surface area is 139 Å². The zero-order valence-corrected chi connectivity index (χ0v) is 13.4. The van der Waals surface area contributed by atoms with Gasteiger partial charge in [-0.2, -0.15) is 0 Å². The fraction of sp³-hybridized carbons (Fsp3) is 0. The van der Waals surface area contributed by atoms with Gasteiger partial charge >= 0.3 is 0 Å². The predicted octanol–water partition coefficient (Wildman–Crippen LogP) is 3.10. The van der Waals surface area contributed by atoms with E-state index in [1.54, 1.807) is 30.5 Å². The van der Waals surface area contributed by atoms with E-state index in [1.807, 2.05) is 0 Å². The van der Waals surface area contributed by atoms with Crippen LogP contribution >= 0.6 is 0 Å². The zero-order chi connectivity index (χ0) is 15.1. The van der Waals surface area contributed by atoms with Crippen LogP contribution in [-0.4, -0.2) is 14.9 Å². The van der Waals surface area contributed by atoms with Gasteiger partial charge in [0.15, 0.2) is 0 Å². The topological polar surface area (TPSA) is 63.7 Å². The van der Waals surface area contributed by atoms with Gasteiger partial charge in [-0.25, -0.2) is 0 Å². The minimum Gasteiger partial charge on any atom is -0.490 e. The van der Waals surface area contributed by atoms with Crippen molar-refractivity contribution >= 4 is 0 Å². The van der Waals surface area contributed by atoms with Gasteiger partial charge < -0.3 is 15.8 Å². The average molecular weight is 480 g/mol. The van der Waals surface area contributed by atoms with Crippen molar-refractivity contribution in [3.05, 3.63) is 78.6 Å². The number of aromatic nitrogens is 3. The van der Waals surface area contributed by atoms with Crippen LogP contribution in [0.25, 0.3) is 17.2 Å². The van der Waals surface area contributed by atoms with Gasteiger partial charge in [0, 0.05) is 37.9 Å². The van der Waals surface area contributed by atoms with Crippen LogP contribution in [0, 0.1) is 17.7 Å². The molecule has 1 N–H and O–H groups in total. The van der Waals surface area contributed by atoms with Crippen molar-refractivity contribution in [1.29, 1.82) is 0 Å². The van der Waals surface area contributed by atoms with E-state index < -0.39 is 11.6 Å². The van der Waals surface area contributed by atoms with Gasteiger partial charge in [0.2, 0.25) is 0 Å². The molecule has 8 heteroatoms. The number of hydrogen-bond donors (Lipinski definition) is 0. The second kappa shape index (κ2) is 8.99. The van der Waals surface area contributed by atoms with Gasteiger partial charge in [0.05, 0.1) is 12.4 Å². The molecule has 0 amide bonds.